The highest BCUT2D eigenvalue weighted by atomic mass is 16.3. The number of para-hydroxylation sites is 5. The van der Waals surface area contributed by atoms with Gasteiger partial charge in [-0.2, -0.15) is 0 Å². The van der Waals surface area contributed by atoms with Crippen molar-refractivity contribution in [1.82, 2.24) is 0 Å². The SMILES string of the molecule is c1ccc(-c2ccc3c(c2)C2(c4ccccc4N3c3ccc(-c4cccc5c4oc4ccccc45)cc3)c3ccccc3N(c3ccc(-c4cccc5oc6ccccc6c45)cc3)c3ccc(-c4ccccc4)cc32)cc1. The van der Waals surface area contributed by atoms with Gasteiger partial charge in [0, 0.05) is 38.5 Å². The Morgan fingerprint density at radius 1 is 0.260 bits per heavy atom. The van der Waals surface area contributed by atoms with Crippen LogP contribution in [0.2, 0.25) is 0 Å². The van der Waals surface area contributed by atoms with E-state index >= 15 is 0 Å². The van der Waals surface area contributed by atoms with Gasteiger partial charge in [0.2, 0.25) is 0 Å². The van der Waals surface area contributed by atoms with Crippen LogP contribution in [0.5, 0.6) is 0 Å². The fraction of sp³-hybridized carbons (Fsp3) is 0.0137. The summed E-state index contributed by atoms with van der Waals surface area (Å²) < 4.78 is 12.9. The minimum Gasteiger partial charge on any atom is -0.456 e. The molecule has 0 radical (unpaired) electrons. The van der Waals surface area contributed by atoms with Crippen molar-refractivity contribution in [2.24, 2.45) is 0 Å². The predicted octanol–water partition coefficient (Wildman–Crippen LogP) is 20.1. The van der Waals surface area contributed by atoms with Gasteiger partial charge in [-0.25, -0.2) is 0 Å². The number of rotatable bonds is 6. The van der Waals surface area contributed by atoms with E-state index in [0.717, 1.165) is 111 Å². The number of hydrogen-bond acceptors (Lipinski definition) is 4. The molecule has 0 N–H and O–H groups in total. The Labute approximate surface area is 445 Å². The molecule has 1 unspecified atom stereocenters. The van der Waals surface area contributed by atoms with Gasteiger partial charge in [0.05, 0.1) is 28.2 Å². The molecule has 2 aliphatic heterocycles. The summed E-state index contributed by atoms with van der Waals surface area (Å²) in [6, 6.07) is 102. The van der Waals surface area contributed by atoms with Crippen molar-refractivity contribution in [3.63, 3.8) is 0 Å². The van der Waals surface area contributed by atoms with Gasteiger partial charge >= 0.3 is 0 Å². The molecule has 0 saturated carbocycles. The van der Waals surface area contributed by atoms with Crippen LogP contribution in [0.4, 0.5) is 34.1 Å². The standard InChI is InChI=1S/C73H46N2O2/c1-3-17-47(18-4-1)51-37-43-66-62(45-51)73(60-26-9-11-28-64(60)74(66)53-39-33-49(34-40-53)55-23-16-32-70-71(55)59-22-8-14-31-69(59)76-70)61-27-10-12-29-65(61)75(67-44-38-52(46-63(67)73)48-19-5-2-6-20-48)54-41-35-50(36-42-54)56-24-15-25-58-57-21-7-13-30-68(57)77-72(56)58/h1-46H. The van der Waals surface area contributed by atoms with E-state index in [4.69, 9.17) is 8.83 Å². The molecule has 0 saturated heterocycles. The molecule has 4 heteroatoms. The average Bonchev–Trinajstić information content (AvgIpc) is 4.28. The molecule has 360 valence electrons. The summed E-state index contributed by atoms with van der Waals surface area (Å²) in [6.45, 7) is 0. The first kappa shape index (κ1) is 43.3. The van der Waals surface area contributed by atoms with Crippen LogP contribution in [0.15, 0.2) is 288 Å². The number of fused-ring (bicyclic) bond motifs is 14. The molecule has 14 aromatic rings. The molecule has 1 spiro atoms. The molecule has 0 bridgehead atoms. The first-order chi connectivity index (χ1) is 38.2. The van der Waals surface area contributed by atoms with Gasteiger partial charge in [-0.15, -0.1) is 0 Å². The summed E-state index contributed by atoms with van der Waals surface area (Å²) in [5, 5.41) is 4.50. The Balaban J connectivity index is 0.919. The molecule has 2 aromatic heterocycles. The third-order valence-electron chi connectivity index (χ3n) is 16.3. The summed E-state index contributed by atoms with van der Waals surface area (Å²) in [5.74, 6) is 0. The van der Waals surface area contributed by atoms with E-state index in [1.165, 1.54) is 33.4 Å². The van der Waals surface area contributed by atoms with E-state index in [1.54, 1.807) is 0 Å². The number of nitrogens with zero attached hydrogens (tertiary/aromatic N) is 2. The lowest BCUT2D eigenvalue weighted by atomic mass is 9.59. The molecule has 16 rings (SSSR count). The molecular weight excluding hydrogens is 937 g/mol. The summed E-state index contributed by atoms with van der Waals surface area (Å²) in [6.07, 6.45) is 0. The zero-order valence-electron chi connectivity index (χ0n) is 41.8. The van der Waals surface area contributed by atoms with Crippen molar-refractivity contribution in [2.75, 3.05) is 9.80 Å². The van der Waals surface area contributed by atoms with Crippen molar-refractivity contribution in [2.45, 2.75) is 5.41 Å². The fourth-order valence-corrected chi connectivity index (χ4v) is 12.9. The van der Waals surface area contributed by atoms with Crippen LogP contribution in [-0.2, 0) is 5.41 Å². The number of furan rings is 2. The second kappa shape index (κ2) is 16.9. The lowest BCUT2D eigenvalue weighted by Gasteiger charge is -2.51. The van der Waals surface area contributed by atoms with Crippen molar-refractivity contribution in [3.8, 4) is 44.5 Å². The summed E-state index contributed by atoms with van der Waals surface area (Å²) in [4.78, 5) is 4.97. The molecule has 4 nitrogen and oxygen atoms in total. The van der Waals surface area contributed by atoms with E-state index in [-0.39, 0.29) is 0 Å². The molecule has 2 aliphatic rings. The van der Waals surface area contributed by atoms with Crippen molar-refractivity contribution in [3.05, 3.63) is 301 Å². The zero-order chi connectivity index (χ0) is 50.6. The van der Waals surface area contributed by atoms with Gasteiger partial charge in [0.1, 0.15) is 22.3 Å². The lowest BCUT2D eigenvalue weighted by molar-refractivity contribution is 0.669. The zero-order valence-corrected chi connectivity index (χ0v) is 41.8. The smallest absolute Gasteiger partial charge is 0.143 e. The highest BCUT2D eigenvalue weighted by molar-refractivity contribution is 6.13. The van der Waals surface area contributed by atoms with Crippen LogP contribution in [0.1, 0.15) is 22.3 Å². The van der Waals surface area contributed by atoms with Gasteiger partial charge < -0.3 is 18.6 Å². The van der Waals surface area contributed by atoms with E-state index < -0.39 is 5.41 Å². The van der Waals surface area contributed by atoms with E-state index in [1.807, 2.05) is 12.1 Å². The minimum absolute atomic E-state index is 0.769. The minimum atomic E-state index is -0.769. The van der Waals surface area contributed by atoms with Gasteiger partial charge in [0.15, 0.2) is 0 Å². The maximum Gasteiger partial charge on any atom is 0.143 e. The topological polar surface area (TPSA) is 32.8 Å². The highest BCUT2D eigenvalue weighted by Crippen LogP contribution is 2.65. The quantitative estimate of drug-likeness (QED) is 0.166. The van der Waals surface area contributed by atoms with E-state index in [9.17, 15) is 0 Å². The first-order valence-corrected chi connectivity index (χ1v) is 26.4. The molecule has 1 atom stereocenters. The molecule has 4 heterocycles. The van der Waals surface area contributed by atoms with E-state index in [0.29, 0.717) is 0 Å². The highest BCUT2D eigenvalue weighted by Gasteiger charge is 2.52. The largest absolute Gasteiger partial charge is 0.456 e. The molecular formula is C73H46N2O2. The second-order valence-corrected chi connectivity index (χ2v) is 20.3. The second-order valence-electron chi connectivity index (χ2n) is 20.3. The van der Waals surface area contributed by atoms with Gasteiger partial charge in [-0.1, -0.05) is 200 Å². The third-order valence-corrected chi connectivity index (χ3v) is 16.3. The Hall–Kier alpha value is -10.2. The number of hydrogen-bond donors (Lipinski definition) is 0. The maximum absolute atomic E-state index is 6.55. The van der Waals surface area contributed by atoms with Gasteiger partial charge in [-0.05, 0) is 140 Å². The molecule has 77 heavy (non-hydrogen) atoms. The van der Waals surface area contributed by atoms with Crippen LogP contribution in [0.3, 0.4) is 0 Å². The summed E-state index contributed by atoms with van der Waals surface area (Å²) in [7, 11) is 0. The van der Waals surface area contributed by atoms with Crippen LogP contribution < -0.4 is 9.80 Å². The number of benzene rings is 12. The third kappa shape index (κ3) is 6.46. The van der Waals surface area contributed by atoms with E-state index in [2.05, 4.69) is 277 Å². The van der Waals surface area contributed by atoms with Crippen LogP contribution >= 0.6 is 0 Å². The van der Waals surface area contributed by atoms with Crippen LogP contribution in [-0.4, -0.2) is 0 Å². The van der Waals surface area contributed by atoms with Crippen molar-refractivity contribution < 1.29 is 8.83 Å². The monoisotopic (exact) mass is 982 g/mol. The van der Waals surface area contributed by atoms with Gasteiger partial charge in [-0.3, -0.25) is 0 Å². The maximum atomic E-state index is 6.55. The molecule has 12 aromatic carbocycles. The Morgan fingerprint density at radius 2 is 0.688 bits per heavy atom. The van der Waals surface area contributed by atoms with Crippen molar-refractivity contribution in [1.29, 1.82) is 0 Å². The van der Waals surface area contributed by atoms with Gasteiger partial charge in [0.25, 0.3) is 0 Å². The predicted molar refractivity (Wildman–Crippen MR) is 318 cm³/mol. The Kier molecular flexibility index (Phi) is 9.52. The Bertz CT molecular complexity index is 4630. The number of anilines is 6. The Morgan fingerprint density at radius 3 is 1.29 bits per heavy atom. The van der Waals surface area contributed by atoms with Crippen LogP contribution in [0.25, 0.3) is 88.4 Å². The average molecular weight is 983 g/mol. The fourth-order valence-electron chi connectivity index (χ4n) is 12.9. The first-order valence-electron chi connectivity index (χ1n) is 26.4. The molecule has 0 amide bonds. The summed E-state index contributed by atoms with van der Waals surface area (Å²) in [5.41, 5.74) is 23.5. The summed E-state index contributed by atoms with van der Waals surface area (Å²) >= 11 is 0. The van der Waals surface area contributed by atoms with Crippen molar-refractivity contribution >= 4 is 78.0 Å². The molecule has 0 fully saturated rings. The van der Waals surface area contributed by atoms with Crippen LogP contribution in [0, 0.1) is 0 Å². The lowest BCUT2D eigenvalue weighted by Crippen LogP contribution is -2.42. The molecule has 0 aliphatic carbocycles. The normalized spacial score (nSPS) is 14.5.